The number of hydrogen-bond donors (Lipinski definition) is 0. The van der Waals surface area contributed by atoms with E-state index >= 15 is 0 Å². The molecule has 1 spiro atoms. The van der Waals surface area contributed by atoms with E-state index in [0.717, 1.165) is 52.0 Å². The smallest absolute Gasteiger partial charge is 0.160 e. The highest BCUT2D eigenvalue weighted by Gasteiger charge is 2.44. The van der Waals surface area contributed by atoms with E-state index in [0.29, 0.717) is 5.82 Å². The van der Waals surface area contributed by atoms with Gasteiger partial charge in [-0.15, -0.1) is 0 Å². The minimum atomic E-state index is -0.0252. The molecule has 11 rings (SSSR count). The van der Waals surface area contributed by atoms with Gasteiger partial charge in [-0.3, -0.25) is 0 Å². The van der Waals surface area contributed by atoms with Crippen molar-refractivity contribution in [2.45, 2.75) is 37.5 Å². The molecule has 3 heteroatoms. The van der Waals surface area contributed by atoms with Gasteiger partial charge in [-0.05, 0) is 97.4 Å². The fourth-order valence-corrected chi connectivity index (χ4v) is 10.1. The minimum Gasteiger partial charge on any atom is -0.228 e. The summed E-state index contributed by atoms with van der Waals surface area (Å²) in [6.45, 7) is 0. The molecule has 1 fully saturated rings. The van der Waals surface area contributed by atoms with Crippen molar-refractivity contribution in [1.82, 2.24) is 9.97 Å². The summed E-state index contributed by atoms with van der Waals surface area (Å²) in [6.07, 6.45) is 5.97. The Morgan fingerprint density at radius 2 is 0.950 bits per heavy atom. The molecule has 0 amide bonds. The fraction of sp³-hybridized carbons (Fsp3) is 0.105. The predicted molar refractivity (Wildman–Crippen MR) is 246 cm³/mol. The normalized spacial score (nSPS) is 13.8. The number of rotatable bonds is 6. The molecule has 0 unspecified atom stereocenters. The number of benzene rings is 8. The molecular formula is C57H41N3. The van der Waals surface area contributed by atoms with E-state index in [1.54, 1.807) is 0 Å². The van der Waals surface area contributed by atoms with Gasteiger partial charge in [0.25, 0.3) is 0 Å². The summed E-state index contributed by atoms with van der Waals surface area (Å²) in [7, 11) is 0. The second kappa shape index (κ2) is 14.8. The lowest BCUT2D eigenvalue weighted by Gasteiger charge is -2.36. The summed E-state index contributed by atoms with van der Waals surface area (Å²) in [4.78, 5) is 10.2. The van der Waals surface area contributed by atoms with Gasteiger partial charge in [0.05, 0.1) is 23.0 Å². The summed E-state index contributed by atoms with van der Waals surface area (Å²) in [5, 5.41) is 12.4. The molecule has 0 N–H and O–H groups in total. The molecule has 9 aromatic rings. The van der Waals surface area contributed by atoms with Crippen LogP contribution in [-0.4, -0.2) is 9.97 Å². The molecule has 2 aliphatic rings. The topological polar surface area (TPSA) is 49.6 Å². The van der Waals surface area contributed by atoms with Crippen LogP contribution < -0.4 is 0 Å². The molecule has 1 heterocycles. The Morgan fingerprint density at radius 3 is 1.62 bits per heavy atom. The number of nitrogens with zero attached hydrogens (tertiary/aromatic N) is 3. The summed E-state index contributed by atoms with van der Waals surface area (Å²) in [5.41, 5.74) is 18.2. The maximum Gasteiger partial charge on any atom is 0.160 e. The quantitative estimate of drug-likeness (QED) is 0.169. The first-order valence-corrected chi connectivity index (χ1v) is 21.1. The van der Waals surface area contributed by atoms with Gasteiger partial charge in [-0.1, -0.05) is 189 Å². The van der Waals surface area contributed by atoms with Crippen LogP contribution in [0, 0.1) is 11.3 Å². The third kappa shape index (κ3) is 6.03. The van der Waals surface area contributed by atoms with Crippen LogP contribution in [0.1, 0.15) is 48.8 Å². The highest BCUT2D eigenvalue weighted by atomic mass is 14.9. The van der Waals surface area contributed by atoms with Crippen LogP contribution in [0.3, 0.4) is 0 Å². The maximum atomic E-state index is 9.91. The van der Waals surface area contributed by atoms with Crippen molar-refractivity contribution in [3.8, 4) is 84.5 Å². The van der Waals surface area contributed by atoms with Crippen LogP contribution in [0.5, 0.6) is 0 Å². The molecule has 0 atom stereocenters. The first-order valence-electron chi connectivity index (χ1n) is 21.1. The zero-order valence-electron chi connectivity index (χ0n) is 33.3. The van der Waals surface area contributed by atoms with Crippen molar-refractivity contribution < 1.29 is 0 Å². The highest BCUT2D eigenvalue weighted by Crippen LogP contribution is 2.58. The van der Waals surface area contributed by atoms with Crippen LogP contribution in [0.4, 0.5) is 0 Å². The van der Waals surface area contributed by atoms with E-state index in [1.165, 1.54) is 80.1 Å². The molecule has 0 bridgehead atoms. The minimum absolute atomic E-state index is 0.0252. The van der Waals surface area contributed by atoms with Gasteiger partial charge in [0, 0.05) is 22.1 Å². The highest BCUT2D eigenvalue weighted by molar-refractivity contribution is 6.08. The second-order valence-corrected chi connectivity index (χ2v) is 16.3. The maximum absolute atomic E-state index is 9.91. The van der Waals surface area contributed by atoms with Crippen LogP contribution >= 0.6 is 0 Å². The Morgan fingerprint density at radius 1 is 0.400 bits per heavy atom. The number of fused-ring (bicyclic) bond motifs is 6. The lowest BCUT2D eigenvalue weighted by molar-refractivity contribution is 0.353. The molecule has 1 aromatic heterocycles. The Balaban J connectivity index is 0.981. The predicted octanol–water partition coefficient (Wildman–Crippen LogP) is 14.7. The average Bonchev–Trinajstić information content (AvgIpc) is 3.59. The van der Waals surface area contributed by atoms with Gasteiger partial charge >= 0.3 is 0 Å². The van der Waals surface area contributed by atoms with Gasteiger partial charge in [-0.2, -0.15) is 5.26 Å². The van der Waals surface area contributed by atoms with Gasteiger partial charge in [0.1, 0.15) is 0 Å². The molecule has 60 heavy (non-hydrogen) atoms. The molecule has 284 valence electrons. The summed E-state index contributed by atoms with van der Waals surface area (Å²) >= 11 is 0. The van der Waals surface area contributed by atoms with Crippen molar-refractivity contribution in [3.05, 3.63) is 205 Å². The number of hydrogen-bond acceptors (Lipinski definition) is 3. The first-order chi connectivity index (χ1) is 29.7. The van der Waals surface area contributed by atoms with E-state index in [-0.39, 0.29) is 5.41 Å². The lowest BCUT2D eigenvalue weighted by Crippen LogP contribution is -2.28. The van der Waals surface area contributed by atoms with Crippen molar-refractivity contribution in [2.24, 2.45) is 0 Å². The van der Waals surface area contributed by atoms with Crippen molar-refractivity contribution >= 4 is 10.8 Å². The number of aromatic nitrogens is 2. The van der Waals surface area contributed by atoms with Crippen LogP contribution in [0.2, 0.25) is 0 Å². The SMILES string of the molecule is N#Cc1ccc2c(c1)C1(CCCCC1)c1cccc(-c3ccc(-c4ccc(-c5cc(-c6ccc(-c7ccccc7)cc6)nc(-c6ccccc6)n5)cc4)c4ccccc34)c1-2. The molecule has 0 radical (unpaired) electrons. The zero-order valence-corrected chi connectivity index (χ0v) is 33.3. The van der Waals surface area contributed by atoms with Crippen molar-refractivity contribution in [3.63, 3.8) is 0 Å². The Hall–Kier alpha value is -7.41. The summed E-state index contributed by atoms with van der Waals surface area (Å²) in [6, 6.07) is 69.5. The van der Waals surface area contributed by atoms with E-state index in [1.807, 2.05) is 30.3 Å². The van der Waals surface area contributed by atoms with E-state index < -0.39 is 0 Å². The fourth-order valence-electron chi connectivity index (χ4n) is 10.1. The Kier molecular flexibility index (Phi) is 8.79. The molecule has 3 nitrogen and oxygen atoms in total. The largest absolute Gasteiger partial charge is 0.228 e. The Bertz CT molecular complexity index is 3100. The van der Waals surface area contributed by atoms with Gasteiger partial charge in [0.15, 0.2) is 5.82 Å². The van der Waals surface area contributed by atoms with E-state index in [2.05, 4.69) is 164 Å². The second-order valence-electron chi connectivity index (χ2n) is 16.3. The summed E-state index contributed by atoms with van der Waals surface area (Å²) in [5.74, 6) is 0.704. The molecule has 2 aliphatic carbocycles. The monoisotopic (exact) mass is 767 g/mol. The van der Waals surface area contributed by atoms with Crippen molar-refractivity contribution in [2.75, 3.05) is 0 Å². The zero-order chi connectivity index (χ0) is 40.0. The molecule has 0 saturated heterocycles. The molecule has 0 aliphatic heterocycles. The third-order valence-electron chi connectivity index (χ3n) is 13.0. The molecule has 8 aromatic carbocycles. The molecular weight excluding hydrogens is 727 g/mol. The Labute approximate surface area is 351 Å². The van der Waals surface area contributed by atoms with Crippen molar-refractivity contribution in [1.29, 1.82) is 5.26 Å². The van der Waals surface area contributed by atoms with Crippen LogP contribution in [0.15, 0.2) is 188 Å². The van der Waals surface area contributed by atoms with Crippen LogP contribution in [0.25, 0.3) is 89.2 Å². The lowest BCUT2D eigenvalue weighted by atomic mass is 9.67. The van der Waals surface area contributed by atoms with Crippen LogP contribution in [-0.2, 0) is 5.41 Å². The number of nitriles is 1. The average molecular weight is 768 g/mol. The first kappa shape index (κ1) is 35.7. The van der Waals surface area contributed by atoms with Gasteiger partial charge in [-0.25, -0.2) is 9.97 Å². The summed E-state index contributed by atoms with van der Waals surface area (Å²) < 4.78 is 0. The third-order valence-corrected chi connectivity index (χ3v) is 13.0. The van der Waals surface area contributed by atoms with E-state index in [9.17, 15) is 5.26 Å². The van der Waals surface area contributed by atoms with E-state index in [4.69, 9.17) is 9.97 Å². The van der Waals surface area contributed by atoms with Gasteiger partial charge < -0.3 is 0 Å². The standard InChI is InChI=1S/C57H41N3/c58-37-38-21-30-50-52(35-38)57(33-10-3-11-34-57)51-20-12-19-49(55(50)51)48-32-31-45(46-17-8-9-18-47(46)48)41-24-28-43(29-25-41)54-36-53(59-56(60-54)44-15-6-2-7-16-44)42-26-22-40(23-27-42)39-13-4-1-5-14-39/h1-2,4-9,12-32,35-36H,3,10-11,33-34H2. The molecule has 1 saturated carbocycles. The van der Waals surface area contributed by atoms with Gasteiger partial charge in [0.2, 0.25) is 0 Å².